The van der Waals surface area contributed by atoms with Gasteiger partial charge in [0, 0.05) is 18.9 Å². The van der Waals surface area contributed by atoms with E-state index in [0.29, 0.717) is 0 Å². The summed E-state index contributed by atoms with van der Waals surface area (Å²) in [6.45, 7) is 0. The lowest BCUT2D eigenvalue weighted by molar-refractivity contribution is 0.166. The van der Waals surface area contributed by atoms with Crippen molar-refractivity contribution >= 4 is 19.7 Å². The molecule has 0 heterocycles. The number of hydrogen-bond acceptors (Lipinski definition) is 6. The van der Waals surface area contributed by atoms with Gasteiger partial charge in [-0.3, -0.25) is 0 Å². The van der Waals surface area contributed by atoms with E-state index in [4.69, 9.17) is 10.2 Å². The molecule has 0 spiro atoms. The molecule has 0 aliphatic carbocycles. The van der Waals surface area contributed by atoms with E-state index in [-0.39, 0.29) is 0 Å². The minimum absolute atomic E-state index is 0.725. The molecule has 0 fully saturated rings. The van der Waals surface area contributed by atoms with Crippen LogP contribution in [-0.4, -0.2) is 50.4 Å². The average Bonchev–Trinajstić information content (AvgIpc) is 1.82. The van der Waals surface area contributed by atoms with Crippen molar-refractivity contribution in [2.75, 3.05) is 12.5 Å². The molecule has 2 unspecified atom stereocenters. The molecule has 0 radical (unpaired) electrons. The van der Waals surface area contributed by atoms with Crippen LogP contribution in [0.3, 0.4) is 0 Å². The number of aliphatic hydroxyl groups excluding tert-OH is 2. The third-order valence-corrected chi connectivity index (χ3v) is 3.75. The van der Waals surface area contributed by atoms with Crippen LogP contribution in [0.2, 0.25) is 0 Å². The fourth-order valence-electron chi connectivity index (χ4n) is 0.522. The molecule has 0 saturated carbocycles. The molecule has 0 aliphatic heterocycles. The summed E-state index contributed by atoms with van der Waals surface area (Å²) in [6, 6.07) is 0. The van der Waals surface area contributed by atoms with E-state index in [1.54, 1.807) is 0 Å². The van der Waals surface area contributed by atoms with Gasteiger partial charge in [0.25, 0.3) is 0 Å². The summed E-state index contributed by atoms with van der Waals surface area (Å²) in [7, 11) is -7.45. The summed E-state index contributed by atoms with van der Waals surface area (Å²) in [4.78, 5) is 0. The number of hydrogen-bond donors (Lipinski definition) is 2. The normalized spacial score (nSPS) is 18.2. The number of sulfone groups is 2. The Bertz CT molecular complexity index is 316. The van der Waals surface area contributed by atoms with Gasteiger partial charge >= 0.3 is 0 Å². The van der Waals surface area contributed by atoms with Gasteiger partial charge in [-0.15, -0.1) is 0 Å². The molecule has 8 heteroatoms. The van der Waals surface area contributed by atoms with Crippen LogP contribution in [-0.2, 0) is 19.7 Å². The van der Waals surface area contributed by atoms with E-state index in [0.717, 1.165) is 12.5 Å². The number of aliphatic hydroxyl groups is 2. The van der Waals surface area contributed by atoms with Crippen LogP contribution < -0.4 is 0 Å². The Hall–Kier alpha value is -0.180. The average molecular weight is 232 g/mol. The van der Waals surface area contributed by atoms with Crippen molar-refractivity contribution < 1.29 is 27.0 Å². The van der Waals surface area contributed by atoms with Crippen LogP contribution in [0.25, 0.3) is 0 Å². The Morgan fingerprint density at radius 3 is 1.31 bits per heavy atom. The van der Waals surface area contributed by atoms with Crippen molar-refractivity contribution in [2.24, 2.45) is 0 Å². The lowest BCUT2D eigenvalue weighted by atomic mass is 10.5. The second-order valence-electron chi connectivity index (χ2n) is 2.80. The van der Waals surface area contributed by atoms with Gasteiger partial charge in [-0.1, -0.05) is 0 Å². The van der Waals surface area contributed by atoms with Gasteiger partial charge in [0.15, 0.2) is 30.5 Å². The molecule has 0 aliphatic rings. The van der Waals surface area contributed by atoms with Crippen molar-refractivity contribution in [1.29, 1.82) is 0 Å². The van der Waals surface area contributed by atoms with Gasteiger partial charge in [-0.05, 0) is 0 Å². The fourth-order valence-corrected chi connectivity index (χ4v) is 1.71. The fraction of sp³-hybridized carbons (Fsp3) is 1.00. The highest BCUT2D eigenvalue weighted by atomic mass is 32.2. The molecular formula is C5H12O6S2. The Morgan fingerprint density at radius 2 is 1.15 bits per heavy atom. The van der Waals surface area contributed by atoms with Crippen molar-refractivity contribution in [2.45, 2.75) is 17.3 Å². The van der Waals surface area contributed by atoms with Gasteiger partial charge < -0.3 is 10.2 Å². The van der Waals surface area contributed by atoms with Crippen LogP contribution in [0, 0.1) is 0 Å². The predicted octanol–water partition coefficient (Wildman–Crippen LogP) is -1.90. The second-order valence-corrected chi connectivity index (χ2v) is 7.21. The first-order valence-electron chi connectivity index (χ1n) is 3.29. The first kappa shape index (κ1) is 12.8. The molecule has 6 nitrogen and oxygen atoms in total. The van der Waals surface area contributed by atoms with E-state index < -0.39 is 37.0 Å². The molecule has 2 N–H and O–H groups in total. The van der Waals surface area contributed by atoms with Gasteiger partial charge in [0.1, 0.15) is 0 Å². The van der Waals surface area contributed by atoms with E-state index in [9.17, 15) is 16.8 Å². The Balaban J connectivity index is 4.50. The minimum atomic E-state index is -3.73. The summed E-state index contributed by atoms with van der Waals surface area (Å²) in [5, 5.41) is 17.8. The van der Waals surface area contributed by atoms with Crippen LogP contribution in [0.1, 0.15) is 6.42 Å². The molecule has 0 aromatic carbocycles. The number of rotatable bonds is 4. The van der Waals surface area contributed by atoms with Crippen molar-refractivity contribution in [1.82, 2.24) is 0 Å². The lowest BCUT2D eigenvalue weighted by Crippen LogP contribution is -2.29. The van der Waals surface area contributed by atoms with Crippen LogP contribution in [0.15, 0.2) is 0 Å². The second kappa shape index (κ2) is 3.91. The topological polar surface area (TPSA) is 109 Å². The monoisotopic (exact) mass is 232 g/mol. The summed E-state index contributed by atoms with van der Waals surface area (Å²) in [5.74, 6) is 0. The maximum Gasteiger partial charge on any atom is 0.174 e. The molecule has 0 aromatic heterocycles. The largest absolute Gasteiger partial charge is 0.377 e. The third kappa shape index (κ3) is 4.55. The molecule has 0 amide bonds. The summed E-state index contributed by atoms with van der Waals surface area (Å²) in [6.07, 6.45) is 0.789. The zero-order chi connectivity index (χ0) is 10.9. The summed E-state index contributed by atoms with van der Waals surface area (Å²) >= 11 is 0. The first-order valence-corrected chi connectivity index (χ1v) is 7.20. The highest BCUT2D eigenvalue weighted by Gasteiger charge is 2.26. The molecule has 0 aromatic rings. The molecule has 80 valence electrons. The van der Waals surface area contributed by atoms with Crippen molar-refractivity contribution in [3.8, 4) is 0 Å². The first-order chi connectivity index (χ1) is 5.55. The predicted molar refractivity (Wildman–Crippen MR) is 46.3 cm³/mol. The summed E-state index contributed by atoms with van der Waals surface area (Å²) in [5.41, 5.74) is -3.70. The van der Waals surface area contributed by atoms with Gasteiger partial charge in [-0.25, -0.2) is 16.8 Å². The van der Waals surface area contributed by atoms with Crippen LogP contribution in [0.4, 0.5) is 0 Å². The standard InChI is InChI=1S/C5H12O6S2/c1-12(8,9)4(6)3-5(7)13(2,10)11/h4-7H,3H2,1-2H3. The van der Waals surface area contributed by atoms with Crippen molar-refractivity contribution in [3.63, 3.8) is 0 Å². The smallest absolute Gasteiger partial charge is 0.174 e. The quantitative estimate of drug-likeness (QED) is 0.586. The minimum Gasteiger partial charge on any atom is -0.377 e. The highest BCUT2D eigenvalue weighted by Crippen LogP contribution is 2.08. The molecule has 0 rings (SSSR count). The Labute approximate surface area is 77.0 Å². The Morgan fingerprint density at radius 1 is 0.923 bits per heavy atom. The zero-order valence-corrected chi connectivity index (χ0v) is 8.84. The molecule has 0 bridgehead atoms. The maximum atomic E-state index is 10.6. The maximum absolute atomic E-state index is 10.6. The van der Waals surface area contributed by atoms with Crippen LogP contribution >= 0.6 is 0 Å². The van der Waals surface area contributed by atoms with Gasteiger partial charge in [0.2, 0.25) is 0 Å². The van der Waals surface area contributed by atoms with E-state index >= 15 is 0 Å². The SMILES string of the molecule is CS(=O)(=O)C(O)CC(O)S(C)(=O)=O. The van der Waals surface area contributed by atoms with Crippen LogP contribution in [0.5, 0.6) is 0 Å². The zero-order valence-electron chi connectivity index (χ0n) is 7.21. The Kier molecular flexibility index (Phi) is 3.85. The summed E-state index contributed by atoms with van der Waals surface area (Å²) < 4.78 is 42.6. The molecule has 2 atom stereocenters. The highest BCUT2D eigenvalue weighted by molar-refractivity contribution is 7.92. The third-order valence-electron chi connectivity index (χ3n) is 1.39. The van der Waals surface area contributed by atoms with E-state index in [2.05, 4.69) is 0 Å². The van der Waals surface area contributed by atoms with E-state index in [1.165, 1.54) is 0 Å². The molecule has 13 heavy (non-hydrogen) atoms. The van der Waals surface area contributed by atoms with E-state index in [1.807, 2.05) is 0 Å². The van der Waals surface area contributed by atoms with Gasteiger partial charge in [0.05, 0.1) is 0 Å². The molecule has 0 saturated heterocycles. The molecular weight excluding hydrogens is 220 g/mol. The van der Waals surface area contributed by atoms with Gasteiger partial charge in [-0.2, -0.15) is 0 Å². The van der Waals surface area contributed by atoms with Crippen molar-refractivity contribution in [3.05, 3.63) is 0 Å². The lowest BCUT2D eigenvalue weighted by Gasteiger charge is -2.12.